The Morgan fingerprint density at radius 1 is 0.870 bits per heavy atom. The second-order valence-electron chi connectivity index (χ2n) is 6.56. The number of rotatable bonds is 1. The van der Waals surface area contributed by atoms with Crippen LogP contribution in [0.25, 0.3) is 21.9 Å². The Hall–Kier alpha value is -2.68. The fraction of sp³-hybridized carbons (Fsp3) is 0.200. The second-order valence-corrected chi connectivity index (χ2v) is 6.56. The predicted molar refractivity (Wildman–Crippen MR) is 91.4 cm³/mol. The molecule has 116 valence electrons. The van der Waals surface area contributed by atoms with Crippen LogP contribution in [-0.4, -0.2) is 17.3 Å². The highest BCUT2D eigenvalue weighted by Crippen LogP contribution is 2.53. The summed E-state index contributed by atoms with van der Waals surface area (Å²) in [4.78, 5) is 0. The van der Waals surface area contributed by atoms with Crippen molar-refractivity contribution in [1.82, 2.24) is 0 Å². The van der Waals surface area contributed by atoms with Crippen LogP contribution in [0.2, 0.25) is 0 Å². The van der Waals surface area contributed by atoms with Crippen LogP contribution in [0.4, 0.5) is 0 Å². The monoisotopic (exact) mass is 306 g/mol. The van der Waals surface area contributed by atoms with Crippen LogP contribution in [0, 0.1) is 0 Å². The van der Waals surface area contributed by atoms with Crippen molar-refractivity contribution in [2.75, 3.05) is 7.11 Å². The third-order valence-electron chi connectivity index (χ3n) is 4.96. The van der Waals surface area contributed by atoms with E-state index in [1.165, 1.54) is 12.7 Å². The molecule has 0 bridgehead atoms. The quantitative estimate of drug-likeness (QED) is 0.692. The van der Waals surface area contributed by atoms with E-state index in [1.807, 2.05) is 18.2 Å². The molecule has 3 aromatic carbocycles. The first-order chi connectivity index (χ1) is 10.9. The summed E-state index contributed by atoms with van der Waals surface area (Å²) < 4.78 is 5.18. The Morgan fingerprint density at radius 3 is 2.35 bits per heavy atom. The molecule has 3 nitrogen and oxygen atoms in total. The maximum Gasteiger partial charge on any atom is 0.161 e. The minimum atomic E-state index is -0.187. The number of phenolic OH excluding ortho intramolecular Hbond substituents is 2. The molecule has 0 saturated carbocycles. The predicted octanol–water partition coefficient (Wildman–Crippen LogP) is 4.57. The summed E-state index contributed by atoms with van der Waals surface area (Å²) in [6, 6.07) is 13.5. The average Bonchev–Trinajstić information content (AvgIpc) is 2.76. The smallest absolute Gasteiger partial charge is 0.161 e. The molecule has 0 aromatic heterocycles. The summed E-state index contributed by atoms with van der Waals surface area (Å²) in [6.07, 6.45) is 0. The molecule has 0 amide bonds. The van der Waals surface area contributed by atoms with Gasteiger partial charge in [0.05, 0.1) is 7.11 Å². The third kappa shape index (κ3) is 1.70. The molecule has 2 N–H and O–H groups in total. The third-order valence-corrected chi connectivity index (χ3v) is 4.96. The largest absolute Gasteiger partial charge is 0.507 e. The highest BCUT2D eigenvalue weighted by molar-refractivity contribution is 6.06. The first-order valence-electron chi connectivity index (χ1n) is 7.62. The highest BCUT2D eigenvalue weighted by atomic mass is 16.5. The van der Waals surface area contributed by atoms with E-state index in [0.29, 0.717) is 11.1 Å². The van der Waals surface area contributed by atoms with Crippen molar-refractivity contribution >= 4 is 10.8 Å². The summed E-state index contributed by atoms with van der Waals surface area (Å²) in [7, 11) is 1.50. The van der Waals surface area contributed by atoms with Crippen LogP contribution in [-0.2, 0) is 5.41 Å². The molecule has 1 aliphatic carbocycles. The molecule has 0 unspecified atom stereocenters. The van der Waals surface area contributed by atoms with Crippen molar-refractivity contribution < 1.29 is 14.9 Å². The molecule has 0 aliphatic heterocycles. The molecule has 4 rings (SSSR count). The van der Waals surface area contributed by atoms with E-state index in [1.54, 1.807) is 12.1 Å². The van der Waals surface area contributed by atoms with Gasteiger partial charge in [-0.1, -0.05) is 38.1 Å². The molecule has 0 heterocycles. The fourth-order valence-electron chi connectivity index (χ4n) is 3.76. The van der Waals surface area contributed by atoms with Crippen molar-refractivity contribution in [2.45, 2.75) is 19.3 Å². The number of aromatic hydroxyl groups is 2. The number of ether oxygens (including phenoxy) is 1. The lowest BCUT2D eigenvalue weighted by Crippen LogP contribution is -2.14. The molecule has 0 radical (unpaired) electrons. The van der Waals surface area contributed by atoms with Gasteiger partial charge in [0.25, 0.3) is 0 Å². The zero-order valence-corrected chi connectivity index (χ0v) is 13.3. The molecular formula is C20H18O3. The summed E-state index contributed by atoms with van der Waals surface area (Å²) in [5.74, 6) is 0.645. The van der Waals surface area contributed by atoms with Gasteiger partial charge >= 0.3 is 0 Å². The lowest BCUT2D eigenvalue weighted by atomic mass is 9.82. The lowest BCUT2D eigenvalue weighted by molar-refractivity contribution is 0.374. The van der Waals surface area contributed by atoms with Crippen molar-refractivity contribution in [3.63, 3.8) is 0 Å². The molecule has 0 fully saturated rings. The highest BCUT2D eigenvalue weighted by Gasteiger charge is 2.37. The van der Waals surface area contributed by atoms with Gasteiger partial charge in [-0.05, 0) is 45.8 Å². The number of fused-ring (bicyclic) bond motifs is 5. The summed E-state index contributed by atoms with van der Waals surface area (Å²) in [5.41, 5.74) is 4.36. The van der Waals surface area contributed by atoms with Gasteiger partial charge in [0.1, 0.15) is 5.75 Å². The zero-order chi connectivity index (χ0) is 16.4. The molecular weight excluding hydrogens is 288 g/mol. The Kier molecular flexibility index (Phi) is 2.68. The molecule has 3 aromatic rings. The topological polar surface area (TPSA) is 49.7 Å². The van der Waals surface area contributed by atoms with E-state index in [4.69, 9.17) is 4.74 Å². The van der Waals surface area contributed by atoms with Gasteiger partial charge in [-0.3, -0.25) is 0 Å². The van der Waals surface area contributed by atoms with Crippen LogP contribution >= 0.6 is 0 Å². The van der Waals surface area contributed by atoms with E-state index in [0.717, 1.165) is 22.1 Å². The van der Waals surface area contributed by atoms with E-state index in [-0.39, 0.29) is 16.9 Å². The summed E-state index contributed by atoms with van der Waals surface area (Å²) in [5, 5.41) is 22.3. The standard InChI is InChI=1S/C20H18O3/c1-20(2)14-7-5-4-6-11(14)19-13-8-17(22)18(23-3)9-12(13)16(21)10-15(19)20/h4-10,21-22H,1-3H3. The van der Waals surface area contributed by atoms with Crippen LogP contribution in [0.15, 0.2) is 42.5 Å². The molecule has 23 heavy (non-hydrogen) atoms. The number of phenols is 2. The van der Waals surface area contributed by atoms with E-state index in [2.05, 4.69) is 26.0 Å². The summed E-state index contributed by atoms with van der Waals surface area (Å²) >= 11 is 0. The van der Waals surface area contributed by atoms with Gasteiger partial charge in [0.15, 0.2) is 11.5 Å². The second kappa shape index (κ2) is 4.42. The first kappa shape index (κ1) is 13.9. The maximum atomic E-state index is 10.5. The Bertz CT molecular complexity index is 955. The Labute approximate surface area is 134 Å². The van der Waals surface area contributed by atoms with E-state index in [9.17, 15) is 10.2 Å². The molecule has 0 atom stereocenters. The first-order valence-corrected chi connectivity index (χ1v) is 7.62. The number of hydrogen-bond acceptors (Lipinski definition) is 3. The number of benzene rings is 3. The Morgan fingerprint density at radius 2 is 1.61 bits per heavy atom. The molecule has 3 heteroatoms. The molecule has 0 spiro atoms. The van der Waals surface area contributed by atoms with Crippen molar-refractivity contribution in [3.8, 4) is 28.4 Å². The van der Waals surface area contributed by atoms with Crippen molar-refractivity contribution in [1.29, 1.82) is 0 Å². The van der Waals surface area contributed by atoms with E-state index < -0.39 is 0 Å². The van der Waals surface area contributed by atoms with Gasteiger partial charge in [0, 0.05) is 10.8 Å². The minimum absolute atomic E-state index is 0.0787. The van der Waals surface area contributed by atoms with E-state index >= 15 is 0 Å². The maximum absolute atomic E-state index is 10.5. The number of hydrogen-bond donors (Lipinski definition) is 2. The zero-order valence-electron chi connectivity index (χ0n) is 13.3. The molecule has 0 saturated heterocycles. The normalized spacial score (nSPS) is 14.6. The van der Waals surface area contributed by atoms with Crippen LogP contribution in [0.5, 0.6) is 17.2 Å². The minimum Gasteiger partial charge on any atom is -0.507 e. The fourth-order valence-corrected chi connectivity index (χ4v) is 3.76. The van der Waals surface area contributed by atoms with Crippen LogP contribution in [0.1, 0.15) is 25.0 Å². The van der Waals surface area contributed by atoms with Gasteiger partial charge in [-0.2, -0.15) is 0 Å². The van der Waals surface area contributed by atoms with Crippen LogP contribution in [0.3, 0.4) is 0 Å². The van der Waals surface area contributed by atoms with Crippen molar-refractivity contribution in [3.05, 3.63) is 53.6 Å². The lowest BCUT2D eigenvalue weighted by Gasteiger charge is -2.22. The summed E-state index contributed by atoms with van der Waals surface area (Å²) in [6.45, 7) is 4.32. The average molecular weight is 306 g/mol. The number of methoxy groups -OCH3 is 1. The van der Waals surface area contributed by atoms with Crippen molar-refractivity contribution in [2.24, 2.45) is 0 Å². The van der Waals surface area contributed by atoms with Gasteiger partial charge in [-0.25, -0.2) is 0 Å². The van der Waals surface area contributed by atoms with Gasteiger partial charge in [-0.15, -0.1) is 0 Å². The van der Waals surface area contributed by atoms with Gasteiger partial charge < -0.3 is 14.9 Å². The van der Waals surface area contributed by atoms with Crippen LogP contribution < -0.4 is 4.74 Å². The Balaban J connectivity index is 2.20. The SMILES string of the molecule is COc1cc2c(O)cc3c(c2cc1O)-c1ccccc1C3(C)C. The van der Waals surface area contributed by atoms with Gasteiger partial charge in [0.2, 0.25) is 0 Å². The molecule has 1 aliphatic rings.